The minimum absolute atomic E-state index is 0.0629. The maximum atomic E-state index is 12.1. The van der Waals surface area contributed by atoms with Crippen molar-refractivity contribution in [2.45, 2.75) is 13.2 Å². The number of amides is 1. The van der Waals surface area contributed by atoms with Gasteiger partial charge >= 0.3 is 0 Å². The summed E-state index contributed by atoms with van der Waals surface area (Å²) < 4.78 is 28.4. The summed E-state index contributed by atoms with van der Waals surface area (Å²) in [6, 6.07) is 6.96. The predicted molar refractivity (Wildman–Crippen MR) is 75.4 cm³/mol. The van der Waals surface area contributed by atoms with E-state index in [4.69, 9.17) is 4.18 Å². The van der Waals surface area contributed by atoms with Crippen molar-refractivity contribution >= 4 is 21.7 Å². The zero-order chi connectivity index (χ0) is 15.0. The second-order valence-corrected chi connectivity index (χ2v) is 6.43. The maximum absolute atomic E-state index is 12.1. The summed E-state index contributed by atoms with van der Waals surface area (Å²) in [5, 5.41) is 6.91. The molecule has 0 fully saturated rings. The molecular formula is C13H13N3O4S. The van der Waals surface area contributed by atoms with Gasteiger partial charge in [0.25, 0.3) is 16.0 Å². The van der Waals surface area contributed by atoms with E-state index < -0.39 is 10.1 Å². The van der Waals surface area contributed by atoms with Crippen LogP contribution in [0.25, 0.3) is 0 Å². The number of anilines is 1. The Morgan fingerprint density at radius 2 is 2.19 bits per heavy atom. The van der Waals surface area contributed by atoms with Gasteiger partial charge in [-0.05, 0) is 23.3 Å². The number of nitrogens with one attached hydrogen (secondary N) is 1. The number of hydrogen-bond acceptors (Lipinski definition) is 5. The second-order valence-electron chi connectivity index (χ2n) is 4.79. The molecule has 8 heteroatoms. The lowest BCUT2D eigenvalue weighted by Crippen LogP contribution is -2.13. The van der Waals surface area contributed by atoms with Gasteiger partial charge in [0.15, 0.2) is 0 Å². The van der Waals surface area contributed by atoms with Crippen LogP contribution in [0.1, 0.15) is 21.6 Å². The zero-order valence-corrected chi connectivity index (χ0v) is 12.1. The number of carbonyl (C=O) groups excluding carboxylic acids is 1. The first kappa shape index (κ1) is 13.8. The number of nitrogens with zero attached hydrogens (tertiary/aromatic N) is 2. The molecule has 110 valence electrons. The monoisotopic (exact) mass is 307 g/mol. The van der Waals surface area contributed by atoms with Crippen LogP contribution in [0.4, 0.5) is 5.69 Å². The molecule has 0 aliphatic carbocycles. The van der Waals surface area contributed by atoms with Crippen molar-refractivity contribution in [3.8, 4) is 0 Å². The largest absolute Gasteiger partial charge is 0.320 e. The molecule has 0 spiro atoms. The lowest BCUT2D eigenvalue weighted by molar-refractivity contribution is 0.101. The first-order chi connectivity index (χ1) is 9.92. The van der Waals surface area contributed by atoms with E-state index in [0.717, 1.165) is 11.8 Å². The van der Waals surface area contributed by atoms with Gasteiger partial charge in [-0.25, -0.2) is 0 Å². The van der Waals surface area contributed by atoms with Crippen molar-refractivity contribution < 1.29 is 17.4 Å². The number of benzene rings is 1. The fourth-order valence-electron chi connectivity index (χ4n) is 2.14. The number of carbonyl (C=O) groups is 1. The summed E-state index contributed by atoms with van der Waals surface area (Å²) in [5.41, 5.74) is 2.69. The van der Waals surface area contributed by atoms with Crippen LogP contribution in [-0.2, 0) is 27.5 Å². The fraction of sp³-hybridized carbons (Fsp3) is 0.231. The van der Waals surface area contributed by atoms with Crippen molar-refractivity contribution in [3.05, 3.63) is 47.3 Å². The van der Waals surface area contributed by atoms with Crippen LogP contribution in [0.2, 0.25) is 0 Å². The SMILES string of the molecule is CS(=O)(=O)OCc1ccc2c(c1)NC(=O)c1ccnn1C2. The topological polar surface area (TPSA) is 90.3 Å². The van der Waals surface area contributed by atoms with Crippen molar-refractivity contribution in [1.82, 2.24) is 9.78 Å². The smallest absolute Gasteiger partial charge is 0.273 e. The molecule has 1 aliphatic rings. The van der Waals surface area contributed by atoms with Crippen LogP contribution in [0, 0.1) is 0 Å². The Kier molecular flexibility index (Phi) is 3.26. The van der Waals surface area contributed by atoms with Gasteiger partial charge in [-0.2, -0.15) is 13.5 Å². The van der Waals surface area contributed by atoms with Crippen LogP contribution < -0.4 is 5.32 Å². The summed E-state index contributed by atoms with van der Waals surface area (Å²) in [7, 11) is -3.50. The predicted octanol–water partition coefficient (Wildman–Crippen LogP) is 0.973. The van der Waals surface area contributed by atoms with E-state index in [2.05, 4.69) is 10.4 Å². The second kappa shape index (κ2) is 4.97. The summed E-state index contributed by atoms with van der Waals surface area (Å²) in [5.74, 6) is -0.243. The quantitative estimate of drug-likeness (QED) is 0.853. The average Bonchev–Trinajstić information content (AvgIpc) is 2.81. The highest BCUT2D eigenvalue weighted by molar-refractivity contribution is 7.85. The van der Waals surface area contributed by atoms with Gasteiger partial charge in [0.05, 0.1) is 19.4 Å². The normalized spacial score (nSPS) is 14.0. The molecule has 0 saturated heterocycles. The summed E-state index contributed by atoms with van der Waals surface area (Å²) in [6.07, 6.45) is 2.57. The molecule has 1 aromatic heterocycles. The van der Waals surface area contributed by atoms with Gasteiger partial charge in [-0.1, -0.05) is 12.1 Å². The fourth-order valence-corrected chi connectivity index (χ4v) is 2.49. The molecule has 7 nitrogen and oxygen atoms in total. The van der Waals surface area contributed by atoms with Gasteiger partial charge in [0.2, 0.25) is 0 Å². The molecule has 2 aromatic rings. The van der Waals surface area contributed by atoms with E-state index in [1.165, 1.54) is 0 Å². The minimum Gasteiger partial charge on any atom is -0.320 e. The van der Waals surface area contributed by atoms with E-state index in [-0.39, 0.29) is 12.5 Å². The van der Waals surface area contributed by atoms with Crippen LogP contribution in [0.3, 0.4) is 0 Å². The molecule has 0 bridgehead atoms. The van der Waals surface area contributed by atoms with Crippen LogP contribution in [0.15, 0.2) is 30.5 Å². The average molecular weight is 307 g/mol. The Balaban J connectivity index is 1.89. The van der Waals surface area contributed by atoms with E-state index in [0.29, 0.717) is 23.5 Å². The van der Waals surface area contributed by atoms with Crippen molar-refractivity contribution in [2.24, 2.45) is 0 Å². The van der Waals surface area contributed by atoms with Gasteiger partial charge in [-0.15, -0.1) is 0 Å². The van der Waals surface area contributed by atoms with E-state index in [1.54, 1.807) is 29.1 Å². The highest BCUT2D eigenvalue weighted by atomic mass is 32.2. The Labute approximate surface area is 121 Å². The molecule has 3 rings (SSSR count). The third kappa shape index (κ3) is 2.96. The molecule has 1 aromatic carbocycles. The lowest BCUT2D eigenvalue weighted by atomic mass is 10.1. The minimum atomic E-state index is -3.50. The molecule has 1 aliphatic heterocycles. The Morgan fingerprint density at radius 3 is 2.95 bits per heavy atom. The van der Waals surface area contributed by atoms with Crippen LogP contribution in [0.5, 0.6) is 0 Å². The lowest BCUT2D eigenvalue weighted by Gasteiger charge is -2.09. The summed E-state index contributed by atoms with van der Waals surface area (Å²) in [4.78, 5) is 12.1. The number of hydrogen-bond donors (Lipinski definition) is 1. The third-order valence-electron chi connectivity index (χ3n) is 3.13. The highest BCUT2D eigenvalue weighted by Gasteiger charge is 2.19. The molecule has 21 heavy (non-hydrogen) atoms. The molecule has 2 heterocycles. The number of aromatic nitrogens is 2. The van der Waals surface area contributed by atoms with E-state index >= 15 is 0 Å². The highest BCUT2D eigenvalue weighted by Crippen LogP contribution is 2.23. The van der Waals surface area contributed by atoms with Crippen molar-refractivity contribution in [2.75, 3.05) is 11.6 Å². The first-order valence-corrected chi connectivity index (χ1v) is 8.03. The zero-order valence-electron chi connectivity index (χ0n) is 11.2. The van der Waals surface area contributed by atoms with Gasteiger partial charge in [-0.3, -0.25) is 13.7 Å². The molecule has 0 saturated carbocycles. The van der Waals surface area contributed by atoms with Crippen LogP contribution in [-0.4, -0.2) is 30.4 Å². The standard InChI is InChI=1S/C13H13N3O4S/c1-21(18,19)20-8-9-2-3-10-7-16-12(4-5-14-16)13(17)15-11(10)6-9/h2-6H,7-8H2,1H3,(H,15,17). The number of rotatable bonds is 3. The number of fused-ring (bicyclic) bond motifs is 2. The Bertz CT molecular complexity index is 811. The molecule has 1 N–H and O–H groups in total. The third-order valence-corrected chi connectivity index (χ3v) is 3.68. The van der Waals surface area contributed by atoms with E-state index in [1.807, 2.05) is 6.07 Å². The summed E-state index contributed by atoms with van der Waals surface area (Å²) >= 11 is 0. The first-order valence-electron chi connectivity index (χ1n) is 6.22. The molecule has 1 amide bonds. The molecular weight excluding hydrogens is 294 g/mol. The van der Waals surface area contributed by atoms with Crippen molar-refractivity contribution in [1.29, 1.82) is 0 Å². The molecule has 0 radical (unpaired) electrons. The Morgan fingerprint density at radius 1 is 1.38 bits per heavy atom. The van der Waals surface area contributed by atoms with E-state index in [9.17, 15) is 13.2 Å². The maximum Gasteiger partial charge on any atom is 0.273 e. The van der Waals surface area contributed by atoms with Crippen LogP contribution >= 0.6 is 0 Å². The van der Waals surface area contributed by atoms with Gasteiger partial charge in [0, 0.05) is 11.9 Å². The van der Waals surface area contributed by atoms with Gasteiger partial charge < -0.3 is 5.32 Å². The molecule has 0 unspecified atom stereocenters. The Hall–Kier alpha value is -2.19. The van der Waals surface area contributed by atoms with Gasteiger partial charge in [0.1, 0.15) is 5.69 Å². The summed E-state index contributed by atoms with van der Waals surface area (Å²) in [6.45, 7) is 0.413. The van der Waals surface area contributed by atoms with Crippen molar-refractivity contribution in [3.63, 3.8) is 0 Å². The molecule has 0 atom stereocenters.